The number of halogens is 7. The number of rotatable bonds is 12. The first kappa shape index (κ1) is 28.8. The van der Waals surface area contributed by atoms with Crippen LogP contribution in [0.1, 0.15) is 19.8 Å². The number of hydrogen-bond acceptors (Lipinski definition) is 6. The van der Waals surface area contributed by atoms with Crippen LogP contribution in [-0.2, 0) is 29.2 Å². The van der Waals surface area contributed by atoms with Crippen LogP contribution < -0.4 is 5.32 Å². The molecule has 0 bridgehead atoms. The minimum absolute atomic E-state index is 0.566. The lowest BCUT2D eigenvalue weighted by Gasteiger charge is -2.33. The predicted octanol–water partition coefficient (Wildman–Crippen LogP) is 2.58. The number of carbonyl (C=O) groups is 2. The summed E-state index contributed by atoms with van der Waals surface area (Å²) in [6.07, 6.45) is -8.30. The summed E-state index contributed by atoms with van der Waals surface area (Å²) in [5.41, 5.74) is -0.604. The zero-order chi connectivity index (χ0) is 24.9. The number of ether oxygens (including phenoxy) is 2. The van der Waals surface area contributed by atoms with Crippen LogP contribution in [0.3, 0.4) is 0 Å². The maximum atomic E-state index is 13.6. The molecule has 2 N–H and O–H groups in total. The van der Waals surface area contributed by atoms with E-state index in [1.807, 2.05) is 0 Å². The topological polar surface area (TPSA) is 119 Å². The molecule has 8 nitrogen and oxygen atoms in total. The van der Waals surface area contributed by atoms with Crippen LogP contribution in [0.15, 0.2) is 24.8 Å². The van der Waals surface area contributed by atoms with Gasteiger partial charge in [0, 0.05) is 18.5 Å². The Bertz CT molecular complexity index is 811. The van der Waals surface area contributed by atoms with E-state index >= 15 is 0 Å². The zero-order valence-corrected chi connectivity index (χ0v) is 16.6. The van der Waals surface area contributed by atoms with Gasteiger partial charge in [-0.2, -0.15) is 39.2 Å². The Balaban J connectivity index is 5.74. The molecule has 0 aliphatic carbocycles. The molecule has 0 radical (unpaired) electrons. The van der Waals surface area contributed by atoms with Crippen molar-refractivity contribution >= 4 is 22.0 Å². The molecule has 0 rings (SSSR count). The molecule has 16 heteroatoms. The van der Waals surface area contributed by atoms with Crippen molar-refractivity contribution in [1.29, 1.82) is 0 Å². The molecule has 0 aromatic carbocycles. The highest BCUT2D eigenvalue weighted by Gasteiger charge is 2.67. The fourth-order valence-electron chi connectivity index (χ4n) is 1.75. The summed E-state index contributed by atoms with van der Waals surface area (Å²) in [6, 6.07) is 0. The largest absolute Gasteiger partial charge is 0.466 e. The van der Waals surface area contributed by atoms with Gasteiger partial charge in [-0.15, -0.1) is 6.58 Å². The summed E-state index contributed by atoms with van der Waals surface area (Å²) in [7, 11) is -6.55. The van der Waals surface area contributed by atoms with Crippen LogP contribution in [0.4, 0.5) is 30.7 Å². The Kier molecular flexibility index (Phi) is 9.24. The molecule has 31 heavy (non-hydrogen) atoms. The number of alkyl halides is 7. The van der Waals surface area contributed by atoms with Crippen molar-refractivity contribution in [3.63, 3.8) is 0 Å². The van der Waals surface area contributed by atoms with Crippen LogP contribution in [0.25, 0.3) is 0 Å². The zero-order valence-electron chi connectivity index (χ0n) is 15.8. The second-order valence-electron chi connectivity index (χ2n) is 5.93. The van der Waals surface area contributed by atoms with Crippen LogP contribution in [0.5, 0.6) is 0 Å². The maximum absolute atomic E-state index is 13.6. The van der Waals surface area contributed by atoms with E-state index in [9.17, 15) is 48.7 Å². The van der Waals surface area contributed by atoms with Gasteiger partial charge < -0.3 is 14.8 Å². The molecule has 0 aromatic rings. The van der Waals surface area contributed by atoms with Gasteiger partial charge in [0.1, 0.15) is 0 Å². The van der Waals surface area contributed by atoms with E-state index in [1.165, 1.54) is 0 Å². The molecule has 0 saturated carbocycles. The van der Waals surface area contributed by atoms with Crippen molar-refractivity contribution < 1.29 is 62.8 Å². The molecule has 0 aliphatic heterocycles. The quantitative estimate of drug-likeness (QED) is 0.0823. The molecule has 0 heterocycles. The molecule has 180 valence electrons. The molecule has 0 fully saturated rings. The van der Waals surface area contributed by atoms with E-state index in [0.29, 0.717) is 0 Å². The summed E-state index contributed by atoms with van der Waals surface area (Å²) in [4.78, 5) is 23.6. The third-order valence-corrected chi connectivity index (χ3v) is 4.30. The van der Waals surface area contributed by atoms with E-state index in [0.717, 1.165) is 13.0 Å². The van der Waals surface area contributed by atoms with Crippen molar-refractivity contribution in [2.75, 3.05) is 13.2 Å². The van der Waals surface area contributed by atoms with Crippen molar-refractivity contribution in [3.05, 3.63) is 24.8 Å². The SMILES string of the molecule is C=CCNC(=O)C(OCCCC(F)(F)C(F)(F)S(=O)(=O)O)(OC(=O)C(=C)C)C(F)(F)F. The Hall–Kier alpha value is -2.20. The van der Waals surface area contributed by atoms with E-state index in [4.69, 9.17) is 4.55 Å². The van der Waals surface area contributed by atoms with Gasteiger partial charge in [-0.1, -0.05) is 12.7 Å². The first-order valence-corrected chi connectivity index (χ1v) is 9.42. The van der Waals surface area contributed by atoms with Gasteiger partial charge in [-0.25, -0.2) is 4.79 Å². The highest BCUT2D eigenvalue weighted by molar-refractivity contribution is 7.87. The summed E-state index contributed by atoms with van der Waals surface area (Å²) in [6.45, 7) is 4.97. The Morgan fingerprint density at radius 3 is 2.03 bits per heavy atom. The molecule has 1 unspecified atom stereocenters. The first-order valence-electron chi connectivity index (χ1n) is 7.98. The van der Waals surface area contributed by atoms with Crippen LogP contribution >= 0.6 is 0 Å². The fraction of sp³-hybridized carbons (Fsp3) is 0.600. The highest BCUT2D eigenvalue weighted by Crippen LogP contribution is 2.42. The molecular weight excluding hydrogens is 471 g/mol. The van der Waals surface area contributed by atoms with Crippen molar-refractivity contribution in [1.82, 2.24) is 5.32 Å². The van der Waals surface area contributed by atoms with Gasteiger partial charge in [0.05, 0.1) is 6.61 Å². The van der Waals surface area contributed by atoms with Gasteiger partial charge in [-0.3, -0.25) is 9.35 Å². The fourth-order valence-corrected chi connectivity index (χ4v) is 2.23. The first-order chi connectivity index (χ1) is 13.8. The van der Waals surface area contributed by atoms with Gasteiger partial charge in [-0.05, 0) is 13.3 Å². The van der Waals surface area contributed by atoms with Crippen LogP contribution in [-0.4, -0.2) is 61.1 Å². The Labute approximate surface area is 171 Å². The van der Waals surface area contributed by atoms with Gasteiger partial charge in [0.25, 0.3) is 0 Å². The number of esters is 1. The molecule has 1 atom stereocenters. The number of amides is 1. The van der Waals surface area contributed by atoms with E-state index in [-0.39, 0.29) is 0 Å². The lowest BCUT2D eigenvalue weighted by atomic mass is 10.2. The van der Waals surface area contributed by atoms with E-state index in [2.05, 4.69) is 22.6 Å². The van der Waals surface area contributed by atoms with Crippen molar-refractivity contribution in [2.24, 2.45) is 0 Å². The highest BCUT2D eigenvalue weighted by atomic mass is 32.2. The van der Waals surface area contributed by atoms with Crippen LogP contribution in [0.2, 0.25) is 0 Å². The lowest BCUT2D eigenvalue weighted by molar-refractivity contribution is -0.347. The third-order valence-electron chi connectivity index (χ3n) is 3.35. The lowest BCUT2D eigenvalue weighted by Crippen LogP contribution is -2.61. The molecule has 1 amide bonds. The van der Waals surface area contributed by atoms with Crippen LogP contribution in [0, 0.1) is 0 Å². The van der Waals surface area contributed by atoms with Gasteiger partial charge in [0.15, 0.2) is 0 Å². The monoisotopic (exact) mass is 489 g/mol. The Morgan fingerprint density at radius 1 is 1.13 bits per heavy atom. The minimum atomic E-state index is -6.55. The standard InChI is InChI=1S/C15H18F7NO7S/c1-4-7-23-11(25)13(14(18,19)20,30-10(24)9(2)3)29-8-5-6-12(16,17)15(21,22)31(26,27)28/h4H,1-2,5-8H2,3H3,(H,23,25)(H,26,27,28). The second-order valence-corrected chi connectivity index (χ2v) is 7.39. The Morgan fingerprint density at radius 2 is 1.65 bits per heavy atom. The van der Waals surface area contributed by atoms with Crippen molar-refractivity contribution in [3.8, 4) is 0 Å². The van der Waals surface area contributed by atoms with Crippen molar-refractivity contribution in [2.45, 2.75) is 42.9 Å². The number of hydrogen-bond donors (Lipinski definition) is 2. The molecule has 0 saturated heterocycles. The summed E-state index contributed by atoms with van der Waals surface area (Å²) < 4.78 is 131. The average Bonchev–Trinajstić information content (AvgIpc) is 2.59. The summed E-state index contributed by atoms with van der Waals surface area (Å²) >= 11 is 0. The predicted molar refractivity (Wildman–Crippen MR) is 89.5 cm³/mol. The molecular formula is C15H18F7NO7S. The average molecular weight is 489 g/mol. The maximum Gasteiger partial charge on any atom is 0.466 e. The summed E-state index contributed by atoms with van der Waals surface area (Å²) in [5.74, 6) is -13.6. The number of nitrogens with one attached hydrogen (secondary N) is 1. The normalized spacial score (nSPS) is 15.0. The second kappa shape index (κ2) is 9.95. The molecule has 0 aliphatic rings. The van der Waals surface area contributed by atoms with Gasteiger partial charge in [0.2, 0.25) is 0 Å². The van der Waals surface area contributed by atoms with E-state index in [1.54, 1.807) is 5.32 Å². The van der Waals surface area contributed by atoms with Gasteiger partial charge >= 0.3 is 45.1 Å². The number of carbonyl (C=O) groups excluding carboxylic acids is 2. The third kappa shape index (κ3) is 6.64. The summed E-state index contributed by atoms with van der Waals surface area (Å²) in [5, 5.41) is -4.31. The van der Waals surface area contributed by atoms with E-state index < -0.39 is 76.7 Å². The minimum Gasteiger partial charge on any atom is -0.412 e. The smallest absolute Gasteiger partial charge is 0.412 e. The molecule has 0 aromatic heterocycles. The molecule has 0 spiro atoms.